The molecule has 4 nitrogen and oxygen atoms in total. The maximum absolute atomic E-state index is 12.6. The van der Waals surface area contributed by atoms with E-state index in [2.05, 4.69) is 4.98 Å². The summed E-state index contributed by atoms with van der Waals surface area (Å²) in [6, 6.07) is 8.69. The Morgan fingerprint density at radius 3 is 2.62 bits per heavy atom. The van der Waals surface area contributed by atoms with Gasteiger partial charge >= 0.3 is 12.1 Å². The summed E-state index contributed by atoms with van der Waals surface area (Å²) in [6.07, 6.45) is -4.50. The minimum Gasteiger partial charge on any atom is -0.480 e. The van der Waals surface area contributed by atoms with Gasteiger partial charge in [0.25, 0.3) is 0 Å². The lowest BCUT2D eigenvalue weighted by molar-refractivity contribution is -0.136. The number of hydrogen-bond donors (Lipinski definition) is 1. The van der Waals surface area contributed by atoms with Crippen LogP contribution in [0, 0.1) is 6.92 Å². The first-order chi connectivity index (χ1) is 9.76. The van der Waals surface area contributed by atoms with Gasteiger partial charge < -0.3 is 10.0 Å². The van der Waals surface area contributed by atoms with Gasteiger partial charge in [-0.15, -0.1) is 0 Å². The fraction of sp³-hybridized carbons (Fsp3) is 0.286. The average Bonchev–Trinajstić information content (AvgIpc) is 2.34. The molecule has 0 saturated carbocycles. The Hall–Kier alpha value is -2.31. The second-order valence-corrected chi connectivity index (χ2v) is 4.69. The van der Waals surface area contributed by atoms with Crippen LogP contribution in [-0.4, -0.2) is 35.3 Å². The molecule has 0 amide bonds. The van der Waals surface area contributed by atoms with Gasteiger partial charge in [-0.05, 0) is 24.6 Å². The second-order valence-electron chi connectivity index (χ2n) is 4.69. The monoisotopic (exact) mass is 298 g/mol. The molecule has 21 heavy (non-hydrogen) atoms. The molecule has 2 aromatic rings. The van der Waals surface area contributed by atoms with E-state index in [0.29, 0.717) is 11.1 Å². The van der Waals surface area contributed by atoms with Crippen molar-refractivity contribution in [2.75, 3.05) is 18.0 Å². The lowest BCUT2D eigenvalue weighted by Gasteiger charge is -2.25. The fourth-order valence-corrected chi connectivity index (χ4v) is 2.12. The van der Waals surface area contributed by atoms with Crippen LogP contribution >= 0.6 is 0 Å². The van der Waals surface area contributed by atoms with Gasteiger partial charge in [0.05, 0.1) is 5.52 Å². The van der Waals surface area contributed by atoms with Crippen LogP contribution < -0.4 is 4.90 Å². The lowest BCUT2D eigenvalue weighted by atomic mass is 10.1. The third-order valence-corrected chi connectivity index (χ3v) is 2.88. The molecule has 1 heterocycles. The molecule has 0 aliphatic rings. The van der Waals surface area contributed by atoms with E-state index in [1.165, 1.54) is 0 Å². The zero-order chi connectivity index (χ0) is 15.6. The van der Waals surface area contributed by atoms with Crippen LogP contribution in [0.1, 0.15) is 5.56 Å². The van der Waals surface area contributed by atoms with E-state index >= 15 is 0 Å². The number of pyridine rings is 1. The number of carboxylic acid groups (broad SMARTS) is 1. The molecule has 0 atom stereocenters. The first kappa shape index (κ1) is 15.1. The van der Waals surface area contributed by atoms with Gasteiger partial charge in [-0.1, -0.05) is 18.2 Å². The Morgan fingerprint density at radius 1 is 1.33 bits per heavy atom. The summed E-state index contributed by atoms with van der Waals surface area (Å²) >= 11 is 0. The Kier molecular flexibility index (Phi) is 4.02. The van der Waals surface area contributed by atoms with Gasteiger partial charge in [0.2, 0.25) is 0 Å². The summed E-state index contributed by atoms with van der Waals surface area (Å²) in [5.41, 5.74) is 1.02. The molecule has 0 spiro atoms. The number of benzene rings is 1. The van der Waals surface area contributed by atoms with Crippen molar-refractivity contribution in [2.45, 2.75) is 13.1 Å². The minimum atomic E-state index is -4.50. The van der Waals surface area contributed by atoms with Gasteiger partial charge in [0.1, 0.15) is 18.9 Å². The molecule has 112 valence electrons. The molecular formula is C14H13F3N2O2. The smallest absolute Gasteiger partial charge is 0.405 e. The van der Waals surface area contributed by atoms with Crippen molar-refractivity contribution in [2.24, 2.45) is 0 Å². The van der Waals surface area contributed by atoms with E-state index in [9.17, 15) is 18.0 Å². The van der Waals surface area contributed by atoms with Gasteiger partial charge in [-0.25, -0.2) is 4.98 Å². The van der Waals surface area contributed by atoms with Crippen molar-refractivity contribution in [1.29, 1.82) is 0 Å². The zero-order valence-electron chi connectivity index (χ0n) is 11.2. The summed E-state index contributed by atoms with van der Waals surface area (Å²) < 4.78 is 37.9. The normalized spacial score (nSPS) is 11.6. The highest BCUT2D eigenvalue weighted by Crippen LogP contribution is 2.26. The molecule has 0 fully saturated rings. The third-order valence-electron chi connectivity index (χ3n) is 2.88. The molecular weight excluding hydrogens is 285 g/mol. The first-order valence-electron chi connectivity index (χ1n) is 6.16. The van der Waals surface area contributed by atoms with E-state index in [1.807, 2.05) is 0 Å². The van der Waals surface area contributed by atoms with Crippen molar-refractivity contribution in [3.05, 3.63) is 35.9 Å². The first-order valence-corrected chi connectivity index (χ1v) is 6.16. The van der Waals surface area contributed by atoms with Crippen LogP contribution in [0.5, 0.6) is 0 Å². The van der Waals surface area contributed by atoms with E-state index < -0.39 is 25.2 Å². The van der Waals surface area contributed by atoms with E-state index in [4.69, 9.17) is 5.11 Å². The molecule has 2 rings (SSSR count). The topological polar surface area (TPSA) is 53.4 Å². The summed E-state index contributed by atoms with van der Waals surface area (Å²) in [5.74, 6) is -1.30. The van der Waals surface area contributed by atoms with E-state index in [1.54, 1.807) is 37.3 Å². The van der Waals surface area contributed by atoms with Gasteiger partial charge in [0.15, 0.2) is 0 Å². The van der Waals surface area contributed by atoms with Crippen LogP contribution in [0.2, 0.25) is 0 Å². The number of hydrogen-bond acceptors (Lipinski definition) is 3. The predicted molar refractivity (Wildman–Crippen MR) is 72.4 cm³/mol. The summed E-state index contributed by atoms with van der Waals surface area (Å²) in [5, 5.41) is 9.60. The molecule has 1 N–H and O–H groups in total. The number of carbonyl (C=O) groups is 1. The maximum atomic E-state index is 12.6. The van der Waals surface area contributed by atoms with Crippen LogP contribution in [0.3, 0.4) is 0 Å². The number of aromatic nitrogens is 1. The van der Waals surface area contributed by atoms with Gasteiger partial charge in [0, 0.05) is 5.39 Å². The Morgan fingerprint density at radius 2 is 2.00 bits per heavy atom. The lowest BCUT2D eigenvalue weighted by Crippen LogP contribution is -2.38. The van der Waals surface area contributed by atoms with Crippen molar-refractivity contribution in [1.82, 2.24) is 4.98 Å². The number of carboxylic acids is 1. The van der Waals surface area contributed by atoms with Crippen LogP contribution in [0.15, 0.2) is 30.3 Å². The number of fused-ring (bicyclic) bond motifs is 1. The van der Waals surface area contributed by atoms with Crippen molar-refractivity contribution in [3.8, 4) is 0 Å². The number of aryl methyl sites for hydroxylation is 1. The molecule has 1 aromatic heterocycles. The fourth-order valence-electron chi connectivity index (χ4n) is 2.12. The van der Waals surface area contributed by atoms with Crippen LogP contribution in [0.25, 0.3) is 10.9 Å². The summed E-state index contributed by atoms with van der Waals surface area (Å²) in [6.45, 7) is -0.503. The molecule has 0 radical (unpaired) electrons. The molecule has 1 aromatic carbocycles. The standard InChI is InChI=1S/C14H13F3N2O2/c1-9-6-10-4-2-3-5-11(10)18-13(9)19(7-12(20)21)8-14(15,16)17/h2-6H,7-8H2,1H3,(H,20,21). The van der Waals surface area contributed by atoms with Gasteiger partial charge in [-0.3, -0.25) is 4.79 Å². The number of halogens is 3. The molecule has 0 unspecified atom stereocenters. The number of rotatable bonds is 4. The van der Waals surface area contributed by atoms with Crippen molar-refractivity contribution < 1.29 is 23.1 Å². The highest BCUT2D eigenvalue weighted by molar-refractivity contribution is 5.82. The summed E-state index contributed by atoms with van der Waals surface area (Å²) in [7, 11) is 0. The largest absolute Gasteiger partial charge is 0.480 e. The minimum absolute atomic E-state index is 0.0356. The van der Waals surface area contributed by atoms with E-state index in [-0.39, 0.29) is 5.82 Å². The predicted octanol–water partition coefficient (Wildman–Crippen LogP) is 3.00. The van der Waals surface area contributed by atoms with Gasteiger partial charge in [-0.2, -0.15) is 13.2 Å². The number of alkyl halides is 3. The molecule has 0 aliphatic carbocycles. The SMILES string of the molecule is Cc1cc2ccccc2nc1N(CC(=O)O)CC(F)(F)F. The highest BCUT2D eigenvalue weighted by Gasteiger charge is 2.32. The van der Waals surface area contributed by atoms with Crippen LogP contribution in [-0.2, 0) is 4.79 Å². The second kappa shape index (κ2) is 5.59. The molecule has 0 bridgehead atoms. The van der Waals surface area contributed by atoms with Crippen molar-refractivity contribution in [3.63, 3.8) is 0 Å². The molecule has 7 heteroatoms. The molecule has 0 aliphatic heterocycles. The maximum Gasteiger partial charge on any atom is 0.405 e. The van der Waals surface area contributed by atoms with Crippen molar-refractivity contribution >= 4 is 22.7 Å². The van der Waals surface area contributed by atoms with Crippen LogP contribution in [0.4, 0.5) is 19.0 Å². The number of para-hydroxylation sites is 1. The Balaban J connectivity index is 2.47. The zero-order valence-corrected chi connectivity index (χ0v) is 11.2. The molecule has 0 saturated heterocycles. The average molecular weight is 298 g/mol. The number of nitrogens with zero attached hydrogens (tertiary/aromatic N) is 2. The Bertz CT molecular complexity index is 671. The Labute approximate surface area is 118 Å². The quantitative estimate of drug-likeness (QED) is 0.942. The third kappa shape index (κ3) is 3.84. The summed E-state index contributed by atoms with van der Waals surface area (Å²) in [4.78, 5) is 15.7. The van der Waals surface area contributed by atoms with E-state index in [0.717, 1.165) is 10.3 Å². The number of anilines is 1. The number of aliphatic carboxylic acids is 1. The highest BCUT2D eigenvalue weighted by atomic mass is 19.4.